The van der Waals surface area contributed by atoms with Gasteiger partial charge in [-0.3, -0.25) is 5.10 Å². The lowest BCUT2D eigenvalue weighted by Gasteiger charge is -2.17. The van der Waals surface area contributed by atoms with Crippen LogP contribution >= 0.6 is 0 Å². The number of hydrogen-bond acceptors (Lipinski definition) is 5. The van der Waals surface area contributed by atoms with Crippen molar-refractivity contribution in [2.24, 2.45) is 5.92 Å². The zero-order chi connectivity index (χ0) is 13.2. The smallest absolute Gasteiger partial charge is 0.245 e. The SMILES string of the molecule is CCC1OCCC1CNS(=O)(=O)c1cn[nH]c1N. The minimum atomic E-state index is -3.59. The zero-order valence-corrected chi connectivity index (χ0v) is 11.0. The van der Waals surface area contributed by atoms with Crippen LogP contribution in [0.2, 0.25) is 0 Å². The second-order valence-corrected chi connectivity index (χ2v) is 6.10. The van der Waals surface area contributed by atoms with E-state index >= 15 is 0 Å². The van der Waals surface area contributed by atoms with Crippen LogP contribution in [0.15, 0.2) is 11.1 Å². The van der Waals surface area contributed by atoms with Crippen LogP contribution in [-0.2, 0) is 14.8 Å². The molecule has 0 radical (unpaired) electrons. The molecule has 2 heterocycles. The van der Waals surface area contributed by atoms with Crippen molar-refractivity contribution in [2.75, 3.05) is 18.9 Å². The average molecular weight is 274 g/mol. The summed E-state index contributed by atoms with van der Waals surface area (Å²) in [7, 11) is -3.59. The number of ether oxygens (including phenoxy) is 1. The van der Waals surface area contributed by atoms with Gasteiger partial charge >= 0.3 is 0 Å². The number of nitrogens with one attached hydrogen (secondary N) is 2. The lowest BCUT2D eigenvalue weighted by molar-refractivity contribution is 0.0884. The fourth-order valence-corrected chi connectivity index (χ4v) is 3.29. The molecular formula is C10H18N4O3S. The number of aromatic nitrogens is 2. The maximum Gasteiger partial charge on any atom is 0.245 e. The van der Waals surface area contributed by atoms with Gasteiger partial charge in [0.2, 0.25) is 10.0 Å². The van der Waals surface area contributed by atoms with E-state index in [9.17, 15) is 8.42 Å². The highest BCUT2D eigenvalue weighted by Gasteiger charge is 2.29. The number of aromatic amines is 1. The van der Waals surface area contributed by atoms with E-state index in [1.54, 1.807) is 0 Å². The summed E-state index contributed by atoms with van der Waals surface area (Å²) >= 11 is 0. The minimum Gasteiger partial charge on any atom is -0.383 e. The first-order valence-corrected chi connectivity index (χ1v) is 7.43. The van der Waals surface area contributed by atoms with Crippen LogP contribution in [0.4, 0.5) is 5.82 Å². The van der Waals surface area contributed by atoms with Gasteiger partial charge in [-0.25, -0.2) is 13.1 Å². The number of H-pyrrole nitrogens is 1. The third-order valence-electron chi connectivity index (χ3n) is 3.21. The van der Waals surface area contributed by atoms with Crippen molar-refractivity contribution in [1.29, 1.82) is 0 Å². The fraction of sp³-hybridized carbons (Fsp3) is 0.700. The quantitative estimate of drug-likeness (QED) is 0.704. The first kappa shape index (κ1) is 13.3. The van der Waals surface area contributed by atoms with E-state index in [1.165, 1.54) is 6.20 Å². The molecule has 18 heavy (non-hydrogen) atoms. The van der Waals surface area contributed by atoms with Crippen molar-refractivity contribution in [3.8, 4) is 0 Å². The van der Waals surface area contributed by atoms with Gasteiger partial charge in [-0.1, -0.05) is 6.92 Å². The molecule has 1 saturated heterocycles. The molecule has 102 valence electrons. The maximum atomic E-state index is 12.0. The zero-order valence-electron chi connectivity index (χ0n) is 10.2. The molecule has 2 atom stereocenters. The van der Waals surface area contributed by atoms with Gasteiger partial charge in [0.05, 0.1) is 12.3 Å². The van der Waals surface area contributed by atoms with Crippen molar-refractivity contribution >= 4 is 15.8 Å². The number of anilines is 1. The standard InChI is InChI=1S/C10H18N4O3S/c1-2-8-7(3-4-17-8)5-13-18(15,16)9-6-12-14-10(9)11/h6-8,13H,2-5H2,1H3,(H3,11,12,14). The molecule has 7 nitrogen and oxygen atoms in total. The van der Waals surface area contributed by atoms with E-state index in [0.29, 0.717) is 13.2 Å². The van der Waals surface area contributed by atoms with Gasteiger partial charge in [-0.15, -0.1) is 0 Å². The van der Waals surface area contributed by atoms with Crippen molar-refractivity contribution < 1.29 is 13.2 Å². The summed E-state index contributed by atoms with van der Waals surface area (Å²) in [6.45, 7) is 3.09. The molecular weight excluding hydrogens is 256 g/mol. The Morgan fingerprint density at radius 2 is 2.44 bits per heavy atom. The van der Waals surface area contributed by atoms with Gasteiger partial charge in [-0.2, -0.15) is 5.10 Å². The molecule has 0 amide bonds. The summed E-state index contributed by atoms with van der Waals surface area (Å²) in [5, 5.41) is 6.01. The molecule has 0 aromatic carbocycles. The summed E-state index contributed by atoms with van der Waals surface area (Å²) in [6, 6.07) is 0. The Hall–Kier alpha value is -1.12. The Morgan fingerprint density at radius 1 is 1.67 bits per heavy atom. The number of nitrogen functional groups attached to an aromatic ring is 1. The maximum absolute atomic E-state index is 12.0. The summed E-state index contributed by atoms with van der Waals surface area (Å²) in [6.07, 6.45) is 3.11. The van der Waals surface area contributed by atoms with Crippen molar-refractivity contribution in [1.82, 2.24) is 14.9 Å². The molecule has 8 heteroatoms. The van der Waals surface area contributed by atoms with Crippen LogP contribution in [0.3, 0.4) is 0 Å². The monoisotopic (exact) mass is 274 g/mol. The minimum absolute atomic E-state index is 0.00513. The highest BCUT2D eigenvalue weighted by Crippen LogP contribution is 2.23. The largest absolute Gasteiger partial charge is 0.383 e. The van der Waals surface area contributed by atoms with Crippen LogP contribution in [0, 0.1) is 5.92 Å². The molecule has 2 rings (SSSR count). The van der Waals surface area contributed by atoms with E-state index in [2.05, 4.69) is 14.9 Å². The topological polar surface area (TPSA) is 110 Å². The van der Waals surface area contributed by atoms with E-state index in [1.807, 2.05) is 6.92 Å². The normalized spacial score (nSPS) is 24.5. The predicted octanol–water partition coefficient (Wildman–Crippen LogP) is 0.0853. The molecule has 1 aromatic rings. The third kappa shape index (κ3) is 2.65. The first-order valence-electron chi connectivity index (χ1n) is 5.94. The Kier molecular flexibility index (Phi) is 3.88. The van der Waals surface area contributed by atoms with Gasteiger partial charge in [-0.05, 0) is 12.8 Å². The lowest BCUT2D eigenvalue weighted by Crippen LogP contribution is -2.32. The van der Waals surface area contributed by atoms with E-state index in [4.69, 9.17) is 10.5 Å². The highest BCUT2D eigenvalue weighted by atomic mass is 32.2. The molecule has 0 spiro atoms. The molecule has 2 unspecified atom stereocenters. The van der Waals surface area contributed by atoms with Crippen molar-refractivity contribution in [3.63, 3.8) is 0 Å². The Morgan fingerprint density at radius 3 is 3.06 bits per heavy atom. The summed E-state index contributed by atoms with van der Waals surface area (Å²) in [5.41, 5.74) is 5.50. The van der Waals surface area contributed by atoms with Crippen LogP contribution in [0.1, 0.15) is 19.8 Å². The number of rotatable bonds is 5. The molecule has 1 fully saturated rings. The first-order chi connectivity index (χ1) is 8.54. The average Bonchev–Trinajstić information content (AvgIpc) is 2.94. The lowest BCUT2D eigenvalue weighted by atomic mass is 10.0. The summed E-state index contributed by atoms with van der Waals surface area (Å²) in [4.78, 5) is -0.00513. The van der Waals surface area contributed by atoms with Crippen LogP contribution in [-0.4, -0.2) is 37.9 Å². The van der Waals surface area contributed by atoms with Gasteiger partial charge < -0.3 is 10.5 Å². The summed E-state index contributed by atoms with van der Waals surface area (Å²) < 4.78 is 32.0. The third-order valence-corrected chi connectivity index (χ3v) is 4.66. The molecule has 1 aliphatic rings. The number of nitrogens with zero attached hydrogens (tertiary/aromatic N) is 1. The van der Waals surface area contributed by atoms with Gasteiger partial charge in [0.15, 0.2) is 0 Å². The fourth-order valence-electron chi connectivity index (χ4n) is 2.17. The predicted molar refractivity (Wildman–Crippen MR) is 66.3 cm³/mol. The van der Waals surface area contributed by atoms with Crippen molar-refractivity contribution in [2.45, 2.75) is 30.8 Å². The molecule has 1 aromatic heterocycles. The van der Waals surface area contributed by atoms with E-state index in [-0.39, 0.29) is 22.7 Å². The van der Waals surface area contributed by atoms with Crippen molar-refractivity contribution in [3.05, 3.63) is 6.20 Å². The van der Waals surface area contributed by atoms with Gasteiger partial charge in [0.25, 0.3) is 0 Å². The van der Waals surface area contributed by atoms with Crippen LogP contribution in [0.5, 0.6) is 0 Å². The summed E-state index contributed by atoms with van der Waals surface area (Å²) in [5.74, 6) is 0.273. The Bertz CT molecular complexity index is 499. The van der Waals surface area contributed by atoms with Gasteiger partial charge in [0.1, 0.15) is 10.7 Å². The number of sulfonamides is 1. The number of hydrogen-bond donors (Lipinski definition) is 3. The Balaban J connectivity index is 2.00. The van der Waals surface area contributed by atoms with Gasteiger partial charge in [0, 0.05) is 19.1 Å². The molecule has 0 saturated carbocycles. The molecule has 1 aliphatic heterocycles. The second-order valence-electron chi connectivity index (χ2n) is 4.37. The van der Waals surface area contributed by atoms with Crippen LogP contribution < -0.4 is 10.5 Å². The molecule has 4 N–H and O–H groups in total. The van der Waals surface area contributed by atoms with E-state index in [0.717, 1.165) is 12.8 Å². The van der Waals surface area contributed by atoms with E-state index < -0.39 is 10.0 Å². The highest BCUT2D eigenvalue weighted by molar-refractivity contribution is 7.89. The van der Waals surface area contributed by atoms with Crippen LogP contribution in [0.25, 0.3) is 0 Å². The molecule has 0 bridgehead atoms. The Labute approximate surface area is 106 Å². The second kappa shape index (κ2) is 5.25. The number of nitrogens with two attached hydrogens (primary N) is 1. The molecule has 0 aliphatic carbocycles.